The highest BCUT2D eigenvalue weighted by Crippen LogP contribution is 2.43. The molecule has 0 saturated carbocycles. The fourth-order valence-electron chi connectivity index (χ4n) is 5.10. The lowest BCUT2D eigenvalue weighted by Gasteiger charge is -2.19. The molecule has 290 valence electrons. The lowest BCUT2D eigenvalue weighted by molar-refractivity contribution is -0.161. The molecule has 2 atom stereocenters. The van der Waals surface area contributed by atoms with Gasteiger partial charge in [-0.25, -0.2) is 4.57 Å². The number of hydrogen-bond acceptors (Lipinski definition) is 8. The van der Waals surface area contributed by atoms with Gasteiger partial charge in [-0.3, -0.25) is 18.6 Å². The Morgan fingerprint density at radius 3 is 1.68 bits per heavy atom. The van der Waals surface area contributed by atoms with Gasteiger partial charge in [-0.1, -0.05) is 140 Å². The summed E-state index contributed by atoms with van der Waals surface area (Å²) in [6, 6.07) is 0. The Hall–Kier alpha value is -2.03. The molecule has 0 aromatic carbocycles. The van der Waals surface area contributed by atoms with E-state index in [1.807, 2.05) is 18.2 Å². The van der Waals surface area contributed by atoms with Crippen LogP contribution in [0.3, 0.4) is 0 Å². The van der Waals surface area contributed by atoms with E-state index in [2.05, 4.69) is 44.2 Å². The molecular formula is C40H72NO8P. The van der Waals surface area contributed by atoms with Crippen LogP contribution in [0.5, 0.6) is 0 Å². The van der Waals surface area contributed by atoms with Gasteiger partial charge in [-0.2, -0.15) is 0 Å². The average molecular weight is 726 g/mol. The van der Waals surface area contributed by atoms with E-state index in [-0.39, 0.29) is 32.6 Å². The molecule has 3 N–H and O–H groups in total. The number of hydrogen-bond donors (Lipinski definition) is 2. The zero-order valence-electron chi connectivity index (χ0n) is 31.6. The molecule has 0 spiro atoms. The standard InChI is InChI=1S/C40H72NO8P/c1-3-5-7-9-11-13-15-17-18-19-21-22-24-26-28-30-32-39(42)46-36-38(37-48-50(44,45)47-35-34-41)49-40(43)33-31-29-27-25-23-20-16-14-12-10-8-6-4-2/h6,8,10,12,14,16,18-19,38H,3-5,7,9,11,13,15,17,20-37,41H2,1-2H3,(H,44,45)/b8-6+,12-10+,16-14+,19-18+. The number of allylic oxidation sites excluding steroid dienone is 8. The van der Waals surface area contributed by atoms with Crippen molar-refractivity contribution in [3.63, 3.8) is 0 Å². The molecule has 10 heteroatoms. The third kappa shape index (κ3) is 35.8. The van der Waals surface area contributed by atoms with E-state index < -0.39 is 32.5 Å². The summed E-state index contributed by atoms with van der Waals surface area (Å²) in [4.78, 5) is 34.7. The lowest BCUT2D eigenvalue weighted by atomic mass is 10.1. The average Bonchev–Trinajstić information content (AvgIpc) is 3.10. The molecule has 0 amide bonds. The van der Waals surface area contributed by atoms with Crippen LogP contribution in [0, 0.1) is 0 Å². The number of unbranched alkanes of at least 4 members (excludes halogenated alkanes) is 17. The third-order valence-electron chi connectivity index (χ3n) is 8.01. The molecule has 0 aliphatic rings. The molecule has 0 aliphatic carbocycles. The highest BCUT2D eigenvalue weighted by Gasteiger charge is 2.25. The molecule has 50 heavy (non-hydrogen) atoms. The maximum absolute atomic E-state index is 12.5. The van der Waals surface area contributed by atoms with Crippen molar-refractivity contribution in [1.29, 1.82) is 0 Å². The molecule has 0 rings (SSSR count). The van der Waals surface area contributed by atoms with Crippen molar-refractivity contribution >= 4 is 19.8 Å². The first kappa shape index (κ1) is 48.0. The van der Waals surface area contributed by atoms with E-state index in [1.165, 1.54) is 51.4 Å². The smallest absolute Gasteiger partial charge is 0.462 e. The van der Waals surface area contributed by atoms with E-state index in [1.54, 1.807) is 0 Å². The van der Waals surface area contributed by atoms with E-state index in [4.69, 9.17) is 24.3 Å². The first-order chi connectivity index (χ1) is 24.3. The minimum Gasteiger partial charge on any atom is -0.462 e. The zero-order valence-corrected chi connectivity index (χ0v) is 32.5. The van der Waals surface area contributed by atoms with Crippen molar-refractivity contribution in [3.05, 3.63) is 48.6 Å². The first-order valence-electron chi connectivity index (χ1n) is 19.6. The lowest BCUT2D eigenvalue weighted by Crippen LogP contribution is -2.29. The van der Waals surface area contributed by atoms with Gasteiger partial charge in [-0.05, 0) is 57.8 Å². The Kier molecular flexibility index (Phi) is 35.3. The number of rotatable bonds is 36. The summed E-state index contributed by atoms with van der Waals surface area (Å²) in [7, 11) is -4.38. The molecule has 2 unspecified atom stereocenters. The molecule has 0 aromatic heterocycles. The fourth-order valence-corrected chi connectivity index (χ4v) is 5.86. The van der Waals surface area contributed by atoms with Crippen LogP contribution in [0.15, 0.2) is 48.6 Å². The molecule has 9 nitrogen and oxygen atoms in total. The number of phosphoric acid groups is 1. The maximum Gasteiger partial charge on any atom is 0.472 e. The van der Waals surface area contributed by atoms with Crippen LogP contribution in [0.25, 0.3) is 0 Å². The molecule has 0 heterocycles. The quantitative estimate of drug-likeness (QED) is 0.0213. The Bertz CT molecular complexity index is 965. The fraction of sp³-hybridized carbons (Fsp3) is 0.750. The number of carbonyl (C=O) groups is 2. The van der Waals surface area contributed by atoms with Gasteiger partial charge in [0, 0.05) is 19.4 Å². The zero-order chi connectivity index (χ0) is 36.8. The summed E-state index contributed by atoms with van der Waals surface area (Å²) in [5, 5.41) is 0. The highest BCUT2D eigenvalue weighted by atomic mass is 31.2. The SMILES string of the molecule is CC/C=C/C=C/C=C/CCCCCCCC(=O)OC(COC(=O)CCCCCCC/C=C/CCCCCCCCC)COP(=O)(O)OCCN. The van der Waals surface area contributed by atoms with Gasteiger partial charge >= 0.3 is 19.8 Å². The second kappa shape index (κ2) is 36.8. The van der Waals surface area contributed by atoms with Crippen LogP contribution in [0.1, 0.15) is 162 Å². The third-order valence-corrected chi connectivity index (χ3v) is 8.99. The van der Waals surface area contributed by atoms with Crippen LogP contribution in [0.2, 0.25) is 0 Å². The number of carbonyl (C=O) groups excluding carboxylic acids is 2. The summed E-state index contributed by atoms with van der Waals surface area (Å²) in [5.41, 5.74) is 5.33. The van der Waals surface area contributed by atoms with Crippen LogP contribution in [-0.4, -0.2) is 49.3 Å². The van der Waals surface area contributed by atoms with Gasteiger partial charge in [0.25, 0.3) is 0 Å². The Morgan fingerprint density at radius 2 is 1.12 bits per heavy atom. The first-order valence-corrected chi connectivity index (χ1v) is 21.1. The summed E-state index contributed by atoms with van der Waals surface area (Å²) in [6.07, 6.45) is 40.0. The monoisotopic (exact) mass is 725 g/mol. The van der Waals surface area contributed by atoms with E-state index in [0.717, 1.165) is 77.0 Å². The minimum atomic E-state index is -4.38. The van der Waals surface area contributed by atoms with Crippen molar-refractivity contribution in [2.24, 2.45) is 5.73 Å². The van der Waals surface area contributed by atoms with Crippen molar-refractivity contribution < 1.29 is 37.6 Å². The molecule has 0 saturated heterocycles. The van der Waals surface area contributed by atoms with Crippen LogP contribution >= 0.6 is 7.82 Å². The van der Waals surface area contributed by atoms with Gasteiger partial charge in [0.15, 0.2) is 6.10 Å². The molecule has 0 aliphatic heterocycles. The van der Waals surface area contributed by atoms with E-state index in [0.29, 0.717) is 6.42 Å². The summed E-state index contributed by atoms with van der Waals surface area (Å²) in [6.45, 7) is 3.54. The van der Waals surface area contributed by atoms with E-state index >= 15 is 0 Å². The van der Waals surface area contributed by atoms with Gasteiger partial charge in [0.2, 0.25) is 0 Å². The van der Waals surface area contributed by atoms with Gasteiger partial charge in [-0.15, -0.1) is 0 Å². The summed E-state index contributed by atoms with van der Waals surface area (Å²) >= 11 is 0. The van der Waals surface area contributed by atoms with Crippen molar-refractivity contribution in [2.75, 3.05) is 26.4 Å². The van der Waals surface area contributed by atoms with Crippen molar-refractivity contribution in [1.82, 2.24) is 0 Å². The molecule has 0 radical (unpaired) electrons. The largest absolute Gasteiger partial charge is 0.472 e. The topological polar surface area (TPSA) is 134 Å². The van der Waals surface area contributed by atoms with Gasteiger partial charge in [0.1, 0.15) is 6.61 Å². The molecule has 0 bridgehead atoms. The van der Waals surface area contributed by atoms with Crippen molar-refractivity contribution in [2.45, 2.75) is 168 Å². The minimum absolute atomic E-state index is 0.0470. The molecule has 0 aromatic rings. The second-order valence-corrected chi connectivity index (χ2v) is 14.3. The van der Waals surface area contributed by atoms with Crippen molar-refractivity contribution in [3.8, 4) is 0 Å². The molecular weight excluding hydrogens is 653 g/mol. The normalized spacial score (nSPS) is 13.9. The maximum atomic E-state index is 12.5. The second-order valence-electron chi connectivity index (χ2n) is 12.8. The summed E-state index contributed by atoms with van der Waals surface area (Å²) < 4.78 is 32.6. The molecule has 0 fully saturated rings. The van der Waals surface area contributed by atoms with Gasteiger partial charge in [0.05, 0.1) is 13.2 Å². The Labute approximate surface area is 305 Å². The highest BCUT2D eigenvalue weighted by molar-refractivity contribution is 7.47. The van der Waals surface area contributed by atoms with Crippen LogP contribution < -0.4 is 5.73 Å². The number of esters is 2. The summed E-state index contributed by atoms with van der Waals surface area (Å²) in [5.74, 6) is -0.866. The Balaban J connectivity index is 4.24. The predicted octanol–water partition coefficient (Wildman–Crippen LogP) is 10.8. The number of ether oxygens (including phenoxy) is 2. The predicted molar refractivity (Wildman–Crippen MR) is 206 cm³/mol. The Morgan fingerprint density at radius 1 is 0.620 bits per heavy atom. The van der Waals surface area contributed by atoms with Gasteiger partial charge < -0.3 is 20.1 Å². The van der Waals surface area contributed by atoms with Crippen LogP contribution in [-0.2, 0) is 32.7 Å². The van der Waals surface area contributed by atoms with E-state index in [9.17, 15) is 19.0 Å². The number of nitrogens with two attached hydrogens (primary N) is 1. The van der Waals surface area contributed by atoms with Crippen LogP contribution in [0.4, 0.5) is 0 Å². The number of phosphoric ester groups is 1.